The molecule has 0 bridgehead atoms. The zero-order chi connectivity index (χ0) is 20.7. The molecule has 0 spiro atoms. The average Bonchev–Trinajstić information content (AvgIpc) is 2.66. The van der Waals surface area contributed by atoms with E-state index in [9.17, 15) is 13.2 Å². The van der Waals surface area contributed by atoms with Gasteiger partial charge in [0, 0.05) is 6.54 Å². The fraction of sp³-hybridized carbons (Fsp3) is 0.381. The van der Waals surface area contributed by atoms with E-state index in [1.54, 1.807) is 19.1 Å². The van der Waals surface area contributed by atoms with E-state index >= 15 is 0 Å². The van der Waals surface area contributed by atoms with Crippen molar-refractivity contribution in [2.24, 2.45) is 0 Å². The van der Waals surface area contributed by atoms with E-state index in [-0.39, 0.29) is 12.5 Å². The first-order valence-electron chi connectivity index (χ1n) is 9.34. The van der Waals surface area contributed by atoms with Gasteiger partial charge in [-0.25, -0.2) is 8.42 Å². The van der Waals surface area contributed by atoms with Crippen molar-refractivity contribution in [2.45, 2.75) is 39.8 Å². The topological polar surface area (TPSA) is 75.7 Å². The SMILES string of the molecule is CCOc1cccc(CNC(=O)C(C)N(c2ccc(CC)cc2)S(C)(=O)=O)c1. The van der Waals surface area contributed by atoms with Crippen molar-refractivity contribution in [1.82, 2.24) is 5.32 Å². The highest BCUT2D eigenvalue weighted by molar-refractivity contribution is 7.92. The summed E-state index contributed by atoms with van der Waals surface area (Å²) in [7, 11) is -3.63. The van der Waals surface area contributed by atoms with Gasteiger partial charge in [0.1, 0.15) is 11.8 Å². The lowest BCUT2D eigenvalue weighted by Gasteiger charge is -2.28. The fourth-order valence-corrected chi connectivity index (χ4v) is 4.11. The van der Waals surface area contributed by atoms with Crippen LogP contribution in [0.1, 0.15) is 31.9 Å². The number of hydrogen-bond acceptors (Lipinski definition) is 4. The Morgan fingerprint density at radius 2 is 1.79 bits per heavy atom. The lowest BCUT2D eigenvalue weighted by atomic mass is 10.1. The van der Waals surface area contributed by atoms with Crippen LogP contribution in [-0.4, -0.2) is 33.2 Å². The van der Waals surface area contributed by atoms with Gasteiger partial charge in [0.2, 0.25) is 15.9 Å². The highest BCUT2D eigenvalue weighted by Gasteiger charge is 2.28. The molecule has 0 aliphatic heterocycles. The summed E-state index contributed by atoms with van der Waals surface area (Å²) in [5.41, 5.74) is 2.45. The van der Waals surface area contributed by atoms with Crippen molar-refractivity contribution in [3.8, 4) is 5.75 Å². The van der Waals surface area contributed by atoms with Gasteiger partial charge in [-0.3, -0.25) is 9.10 Å². The number of carbonyl (C=O) groups excluding carboxylic acids is 1. The number of carbonyl (C=O) groups is 1. The van der Waals surface area contributed by atoms with Gasteiger partial charge in [-0.1, -0.05) is 31.2 Å². The van der Waals surface area contributed by atoms with E-state index < -0.39 is 16.1 Å². The largest absolute Gasteiger partial charge is 0.494 e. The molecule has 6 nitrogen and oxygen atoms in total. The van der Waals surface area contributed by atoms with Crippen LogP contribution in [0.4, 0.5) is 5.69 Å². The number of anilines is 1. The quantitative estimate of drug-likeness (QED) is 0.697. The number of nitrogens with one attached hydrogen (secondary N) is 1. The summed E-state index contributed by atoms with van der Waals surface area (Å²) in [4.78, 5) is 12.7. The Morgan fingerprint density at radius 3 is 2.36 bits per heavy atom. The highest BCUT2D eigenvalue weighted by Crippen LogP contribution is 2.22. The molecule has 152 valence electrons. The summed E-state index contributed by atoms with van der Waals surface area (Å²) in [6, 6.07) is 13.8. The standard InChI is InChI=1S/C21H28N2O4S/c1-5-17-10-12-19(13-11-17)23(28(4,25)26)16(3)21(24)22-15-18-8-7-9-20(14-18)27-6-2/h7-14,16H,5-6,15H2,1-4H3,(H,22,24). The van der Waals surface area contributed by atoms with E-state index in [2.05, 4.69) is 5.32 Å². The molecule has 0 saturated carbocycles. The Balaban J connectivity index is 2.14. The third-order valence-corrected chi connectivity index (χ3v) is 5.61. The maximum absolute atomic E-state index is 12.7. The summed E-state index contributed by atoms with van der Waals surface area (Å²) in [5.74, 6) is 0.364. The van der Waals surface area contributed by atoms with Crippen LogP contribution < -0.4 is 14.4 Å². The molecular weight excluding hydrogens is 376 g/mol. The molecule has 1 unspecified atom stereocenters. The molecule has 0 saturated heterocycles. The summed E-state index contributed by atoms with van der Waals surface area (Å²) in [6.07, 6.45) is 1.96. The Morgan fingerprint density at radius 1 is 1.11 bits per heavy atom. The third kappa shape index (κ3) is 5.73. The second-order valence-corrected chi connectivity index (χ2v) is 8.41. The van der Waals surface area contributed by atoms with Gasteiger partial charge in [0.05, 0.1) is 18.6 Å². The number of nitrogens with zero attached hydrogens (tertiary/aromatic N) is 1. The lowest BCUT2D eigenvalue weighted by Crippen LogP contribution is -2.47. The molecule has 2 rings (SSSR count). The van der Waals surface area contributed by atoms with Gasteiger partial charge in [0.25, 0.3) is 0 Å². The first-order valence-corrected chi connectivity index (χ1v) is 11.2. The molecule has 0 aliphatic rings. The molecule has 2 aromatic rings. The van der Waals surface area contributed by atoms with Gasteiger partial charge >= 0.3 is 0 Å². The average molecular weight is 405 g/mol. The molecule has 0 heterocycles. The minimum Gasteiger partial charge on any atom is -0.494 e. The van der Waals surface area contributed by atoms with Crippen LogP contribution in [0, 0.1) is 0 Å². The van der Waals surface area contributed by atoms with Crippen LogP contribution >= 0.6 is 0 Å². The molecule has 1 atom stereocenters. The Labute approximate surface area is 167 Å². The molecule has 0 aromatic heterocycles. The van der Waals surface area contributed by atoms with Crippen LogP contribution in [0.3, 0.4) is 0 Å². The number of ether oxygens (including phenoxy) is 1. The second kappa shape index (κ2) is 9.59. The first kappa shape index (κ1) is 21.8. The predicted molar refractivity (Wildman–Crippen MR) is 112 cm³/mol. The maximum atomic E-state index is 12.7. The zero-order valence-electron chi connectivity index (χ0n) is 16.8. The summed E-state index contributed by atoms with van der Waals surface area (Å²) in [5, 5.41) is 2.81. The van der Waals surface area contributed by atoms with E-state index in [1.165, 1.54) is 0 Å². The van der Waals surface area contributed by atoms with E-state index in [0.717, 1.165) is 33.9 Å². The van der Waals surface area contributed by atoms with Crippen LogP contribution in [-0.2, 0) is 27.8 Å². The minimum atomic E-state index is -3.63. The number of rotatable bonds is 9. The number of benzene rings is 2. The zero-order valence-corrected chi connectivity index (χ0v) is 17.6. The molecule has 1 amide bonds. The highest BCUT2D eigenvalue weighted by atomic mass is 32.2. The fourth-order valence-electron chi connectivity index (χ4n) is 2.94. The van der Waals surface area contributed by atoms with Gasteiger partial charge in [-0.2, -0.15) is 0 Å². The summed E-state index contributed by atoms with van der Waals surface area (Å²) < 4.78 is 31.3. The molecule has 0 radical (unpaired) electrons. The smallest absolute Gasteiger partial charge is 0.243 e. The van der Waals surface area contributed by atoms with Gasteiger partial charge < -0.3 is 10.1 Å². The van der Waals surface area contributed by atoms with Gasteiger partial charge in [-0.05, 0) is 55.7 Å². The first-order chi connectivity index (χ1) is 13.3. The van der Waals surface area contributed by atoms with Crippen molar-refractivity contribution in [2.75, 3.05) is 17.2 Å². The van der Waals surface area contributed by atoms with Crippen LogP contribution in [0.5, 0.6) is 5.75 Å². The minimum absolute atomic E-state index is 0.288. The van der Waals surface area contributed by atoms with Crippen LogP contribution in [0.2, 0.25) is 0 Å². The van der Waals surface area contributed by atoms with Crippen LogP contribution in [0.15, 0.2) is 48.5 Å². The van der Waals surface area contributed by atoms with Gasteiger partial charge in [0.15, 0.2) is 0 Å². The molecule has 28 heavy (non-hydrogen) atoms. The monoisotopic (exact) mass is 404 g/mol. The Hall–Kier alpha value is -2.54. The molecule has 1 N–H and O–H groups in total. The third-order valence-electron chi connectivity index (χ3n) is 4.36. The molecule has 0 fully saturated rings. The Bertz CT molecular complexity index is 895. The lowest BCUT2D eigenvalue weighted by molar-refractivity contribution is -0.122. The number of sulfonamides is 1. The second-order valence-electron chi connectivity index (χ2n) is 6.55. The number of hydrogen-bond donors (Lipinski definition) is 1. The van der Waals surface area contributed by atoms with E-state index in [1.807, 2.05) is 50.2 Å². The number of amides is 1. The number of aryl methyl sites for hydroxylation is 1. The summed E-state index contributed by atoms with van der Waals surface area (Å²) in [6.45, 7) is 6.37. The van der Waals surface area contributed by atoms with Crippen molar-refractivity contribution in [1.29, 1.82) is 0 Å². The van der Waals surface area contributed by atoms with Gasteiger partial charge in [-0.15, -0.1) is 0 Å². The van der Waals surface area contributed by atoms with Crippen molar-refractivity contribution < 1.29 is 17.9 Å². The van der Waals surface area contributed by atoms with Crippen LogP contribution in [0.25, 0.3) is 0 Å². The van der Waals surface area contributed by atoms with E-state index in [4.69, 9.17) is 4.74 Å². The van der Waals surface area contributed by atoms with Crippen molar-refractivity contribution in [3.05, 3.63) is 59.7 Å². The molecular formula is C21H28N2O4S. The Kier molecular flexibility index (Phi) is 7.45. The predicted octanol–water partition coefficient (Wildman–Crippen LogP) is 3.12. The van der Waals surface area contributed by atoms with Crippen molar-refractivity contribution >= 4 is 21.6 Å². The molecule has 0 aliphatic carbocycles. The van der Waals surface area contributed by atoms with E-state index in [0.29, 0.717) is 12.3 Å². The molecule has 2 aromatic carbocycles. The van der Waals surface area contributed by atoms with Crippen molar-refractivity contribution in [3.63, 3.8) is 0 Å². The maximum Gasteiger partial charge on any atom is 0.243 e. The summed E-state index contributed by atoms with van der Waals surface area (Å²) >= 11 is 0. The normalized spacial score (nSPS) is 12.3. The molecule has 7 heteroatoms.